The molecule has 3 N–H and O–H groups in total. The van der Waals surface area contributed by atoms with Crippen LogP contribution in [0.25, 0.3) is 0 Å². The lowest BCUT2D eigenvalue weighted by Crippen LogP contribution is -2.53. The Morgan fingerprint density at radius 3 is 2.50 bits per heavy atom. The van der Waals surface area contributed by atoms with Gasteiger partial charge in [0.15, 0.2) is 0 Å². The summed E-state index contributed by atoms with van der Waals surface area (Å²) in [5.74, 6) is 0.929. The van der Waals surface area contributed by atoms with E-state index in [4.69, 9.17) is 4.74 Å². The maximum Gasteiger partial charge on any atom is 0.251 e. The van der Waals surface area contributed by atoms with Gasteiger partial charge in [-0.3, -0.25) is 9.69 Å². The summed E-state index contributed by atoms with van der Waals surface area (Å²) in [6, 6.07) is 11.2. The molecule has 1 saturated carbocycles. The second-order valence-electron chi connectivity index (χ2n) is 11.8. The Morgan fingerprint density at radius 1 is 1.12 bits per heavy atom. The standard InChI is InChI=1S/C31H45N3O5S/c1-6-22-11-14-25(15-12-22)40(37,38)33-28-26-20-23(13-16-27(26)39-31(4,5)29(28)35)30(36)32-17-18-34(7-2)24-10-8-9-21(3)19-24/h11-16,20-21,24,28-29,33,35H,6-10,17-19H2,1-5H3,(H,32,36)/t21?,24?,28-,29+/m1/s1. The second-order valence-corrected chi connectivity index (χ2v) is 13.5. The minimum Gasteiger partial charge on any atom is -0.485 e. The zero-order chi connectivity index (χ0) is 29.1. The zero-order valence-electron chi connectivity index (χ0n) is 24.4. The maximum absolute atomic E-state index is 13.3. The van der Waals surface area contributed by atoms with Crippen molar-refractivity contribution in [3.05, 3.63) is 59.2 Å². The van der Waals surface area contributed by atoms with E-state index in [9.17, 15) is 18.3 Å². The highest BCUT2D eigenvalue weighted by Gasteiger charge is 2.45. The van der Waals surface area contributed by atoms with E-state index in [1.165, 1.54) is 25.7 Å². The Morgan fingerprint density at radius 2 is 1.85 bits per heavy atom. The number of nitrogens with zero attached hydrogens (tertiary/aromatic N) is 1. The molecular weight excluding hydrogens is 526 g/mol. The highest BCUT2D eigenvalue weighted by molar-refractivity contribution is 7.89. The smallest absolute Gasteiger partial charge is 0.251 e. The van der Waals surface area contributed by atoms with Gasteiger partial charge in [-0.15, -0.1) is 0 Å². The SMILES string of the molecule is CCc1ccc(S(=O)(=O)N[C@@H]2c3cc(C(=O)NCCN(CC)C4CCCC(C)C4)ccc3OC(C)(C)[C@H]2O)cc1. The number of hydrogen-bond acceptors (Lipinski definition) is 6. The number of aliphatic hydroxyl groups is 1. The molecule has 0 spiro atoms. The molecule has 2 aliphatic rings. The predicted octanol–water partition coefficient (Wildman–Crippen LogP) is 4.43. The van der Waals surface area contributed by atoms with E-state index >= 15 is 0 Å². The van der Waals surface area contributed by atoms with Gasteiger partial charge in [0.2, 0.25) is 10.0 Å². The van der Waals surface area contributed by atoms with Crippen LogP contribution in [0.4, 0.5) is 0 Å². The van der Waals surface area contributed by atoms with Crippen LogP contribution in [0.2, 0.25) is 0 Å². The maximum atomic E-state index is 13.3. The normalized spacial score (nSPS) is 24.3. The van der Waals surface area contributed by atoms with E-state index in [0.717, 1.165) is 31.0 Å². The third kappa shape index (κ3) is 6.87. The predicted molar refractivity (Wildman–Crippen MR) is 157 cm³/mol. The topological polar surface area (TPSA) is 108 Å². The lowest BCUT2D eigenvalue weighted by Gasteiger charge is -2.42. The highest BCUT2D eigenvalue weighted by Crippen LogP contribution is 2.41. The summed E-state index contributed by atoms with van der Waals surface area (Å²) < 4.78 is 35.4. The number of likely N-dealkylation sites (N-methyl/N-ethyl adjacent to an activating group) is 1. The average Bonchev–Trinajstić information content (AvgIpc) is 2.93. The van der Waals surface area contributed by atoms with E-state index < -0.39 is 27.8 Å². The molecule has 1 heterocycles. The van der Waals surface area contributed by atoms with Gasteiger partial charge in [-0.2, -0.15) is 0 Å². The molecule has 0 bridgehead atoms. The summed E-state index contributed by atoms with van der Waals surface area (Å²) in [7, 11) is -3.96. The first-order valence-corrected chi connectivity index (χ1v) is 16.1. The number of ether oxygens (including phenoxy) is 1. The number of benzene rings is 2. The molecule has 8 nitrogen and oxygen atoms in total. The first-order chi connectivity index (χ1) is 18.9. The second kappa shape index (κ2) is 12.6. The first-order valence-electron chi connectivity index (χ1n) is 14.6. The highest BCUT2D eigenvalue weighted by atomic mass is 32.2. The van der Waals surface area contributed by atoms with Gasteiger partial charge >= 0.3 is 0 Å². The molecule has 220 valence electrons. The van der Waals surface area contributed by atoms with Crippen LogP contribution in [0.3, 0.4) is 0 Å². The van der Waals surface area contributed by atoms with Crippen molar-refractivity contribution in [2.75, 3.05) is 19.6 Å². The zero-order valence-corrected chi connectivity index (χ0v) is 25.3. The quantitative estimate of drug-likeness (QED) is 0.390. The van der Waals surface area contributed by atoms with Crippen LogP contribution in [-0.2, 0) is 16.4 Å². The van der Waals surface area contributed by atoms with Gasteiger partial charge in [0.1, 0.15) is 17.5 Å². The van der Waals surface area contributed by atoms with Crippen LogP contribution in [0.5, 0.6) is 5.75 Å². The minimum absolute atomic E-state index is 0.115. The summed E-state index contributed by atoms with van der Waals surface area (Å²) in [5, 5.41) is 14.2. The Hall–Kier alpha value is -2.46. The van der Waals surface area contributed by atoms with Gasteiger partial charge in [-0.05, 0) is 81.5 Å². The molecule has 4 atom stereocenters. The summed E-state index contributed by atoms with van der Waals surface area (Å²) >= 11 is 0. The fraction of sp³-hybridized carbons (Fsp3) is 0.581. The van der Waals surface area contributed by atoms with Gasteiger partial charge in [-0.1, -0.05) is 45.7 Å². The Bertz CT molecular complexity index is 1280. The van der Waals surface area contributed by atoms with E-state index in [0.29, 0.717) is 29.5 Å². The van der Waals surface area contributed by atoms with Crippen molar-refractivity contribution >= 4 is 15.9 Å². The number of carbonyl (C=O) groups is 1. The van der Waals surface area contributed by atoms with E-state index in [1.54, 1.807) is 56.3 Å². The Balaban J connectivity index is 1.50. The monoisotopic (exact) mass is 571 g/mol. The van der Waals surface area contributed by atoms with Crippen LogP contribution < -0.4 is 14.8 Å². The van der Waals surface area contributed by atoms with Crippen molar-refractivity contribution < 1.29 is 23.1 Å². The van der Waals surface area contributed by atoms with Crippen molar-refractivity contribution in [3.63, 3.8) is 0 Å². The summed E-state index contributed by atoms with van der Waals surface area (Å²) in [5.41, 5.74) is 0.804. The molecule has 0 saturated heterocycles. The van der Waals surface area contributed by atoms with Crippen LogP contribution >= 0.6 is 0 Å². The lowest BCUT2D eigenvalue weighted by molar-refractivity contribution is -0.0603. The third-order valence-electron chi connectivity index (χ3n) is 8.45. The van der Waals surface area contributed by atoms with Gasteiger partial charge in [-0.25, -0.2) is 13.1 Å². The summed E-state index contributed by atoms with van der Waals surface area (Å²) in [4.78, 5) is 15.7. The van der Waals surface area contributed by atoms with Crippen LogP contribution in [0.15, 0.2) is 47.4 Å². The summed E-state index contributed by atoms with van der Waals surface area (Å²) in [6.07, 6.45) is 4.57. The van der Waals surface area contributed by atoms with Crippen molar-refractivity contribution in [2.24, 2.45) is 5.92 Å². The molecule has 1 amide bonds. The molecule has 1 aliphatic heterocycles. The number of aryl methyl sites for hydroxylation is 1. The number of hydrogen-bond donors (Lipinski definition) is 3. The molecule has 2 aromatic carbocycles. The van der Waals surface area contributed by atoms with Gasteiger partial charge < -0.3 is 15.2 Å². The fourth-order valence-corrected chi connectivity index (χ4v) is 7.18. The fourth-order valence-electron chi connectivity index (χ4n) is 5.96. The number of nitrogens with one attached hydrogen (secondary N) is 2. The number of fused-ring (bicyclic) bond motifs is 1. The largest absolute Gasteiger partial charge is 0.485 e. The number of amides is 1. The van der Waals surface area contributed by atoms with Gasteiger partial charge in [0, 0.05) is 30.3 Å². The first kappa shape index (κ1) is 30.5. The molecular formula is C31H45N3O5S. The molecule has 2 aromatic rings. The molecule has 4 rings (SSSR count). The molecule has 1 aliphatic carbocycles. The van der Waals surface area contributed by atoms with Crippen LogP contribution in [0, 0.1) is 5.92 Å². The number of carbonyl (C=O) groups excluding carboxylic acids is 1. The molecule has 2 unspecified atom stereocenters. The molecule has 1 fully saturated rings. The third-order valence-corrected chi connectivity index (χ3v) is 9.90. The van der Waals surface area contributed by atoms with Crippen molar-refractivity contribution in [1.29, 1.82) is 0 Å². The number of aliphatic hydroxyl groups excluding tert-OH is 1. The average molecular weight is 572 g/mol. The van der Waals surface area contributed by atoms with E-state index in [1.807, 2.05) is 6.92 Å². The van der Waals surface area contributed by atoms with E-state index in [2.05, 4.69) is 28.8 Å². The van der Waals surface area contributed by atoms with Gasteiger partial charge in [0.25, 0.3) is 5.91 Å². The van der Waals surface area contributed by atoms with Crippen molar-refractivity contribution in [1.82, 2.24) is 14.9 Å². The van der Waals surface area contributed by atoms with Gasteiger partial charge in [0.05, 0.1) is 10.9 Å². The van der Waals surface area contributed by atoms with Crippen molar-refractivity contribution in [3.8, 4) is 5.75 Å². The lowest BCUT2D eigenvalue weighted by atomic mass is 9.86. The minimum atomic E-state index is -3.96. The number of sulfonamides is 1. The Labute approximate surface area is 239 Å². The van der Waals surface area contributed by atoms with Crippen LogP contribution in [0.1, 0.15) is 87.8 Å². The molecule has 40 heavy (non-hydrogen) atoms. The van der Waals surface area contributed by atoms with Crippen molar-refractivity contribution in [2.45, 2.75) is 95.4 Å². The molecule has 9 heteroatoms. The van der Waals surface area contributed by atoms with Crippen LogP contribution in [-0.4, -0.2) is 61.7 Å². The summed E-state index contributed by atoms with van der Waals surface area (Å²) in [6.45, 7) is 12.1. The Kier molecular flexibility index (Phi) is 9.60. The number of rotatable bonds is 10. The molecule has 0 radical (unpaired) electrons. The molecule has 0 aromatic heterocycles. The van der Waals surface area contributed by atoms with E-state index in [-0.39, 0.29) is 10.8 Å².